The van der Waals surface area contributed by atoms with Gasteiger partial charge in [-0.15, -0.1) is 0 Å². The highest BCUT2D eigenvalue weighted by Gasteiger charge is 2.22. The molecule has 116 valence electrons. The minimum absolute atomic E-state index is 0.0140. The van der Waals surface area contributed by atoms with Crippen molar-refractivity contribution in [1.82, 2.24) is 9.62 Å². The summed E-state index contributed by atoms with van der Waals surface area (Å²) in [5.41, 5.74) is 0. The quantitative estimate of drug-likeness (QED) is 0.690. The smallest absolute Gasteiger partial charge is 0.245 e. The lowest BCUT2D eigenvalue weighted by Crippen LogP contribution is -2.35. The van der Waals surface area contributed by atoms with Gasteiger partial charge in [-0.2, -0.15) is 0 Å². The molecule has 0 aliphatic heterocycles. The average molecular weight is 369 g/mol. The van der Waals surface area contributed by atoms with Crippen LogP contribution in [0.4, 0.5) is 0 Å². The summed E-state index contributed by atoms with van der Waals surface area (Å²) < 4.78 is 31.9. The first-order valence-corrected chi connectivity index (χ1v) is 8.83. The summed E-state index contributed by atoms with van der Waals surface area (Å²) in [5, 5.41) is 8.94. The molecule has 8 heteroatoms. The van der Waals surface area contributed by atoms with E-state index in [1.54, 1.807) is 0 Å². The van der Waals surface area contributed by atoms with Crippen molar-refractivity contribution < 1.29 is 17.9 Å². The molecule has 0 bridgehead atoms. The maximum atomic E-state index is 12.1. The molecule has 0 saturated heterocycles. The van der Waals surface area contributed by atoms with Crippen LogP contribution in [0.2, 0.25) is 0 Å². The standard InChI is InChI=1S/C12H21BrN2O4S/c1-3-6-15(4-2)7-5-14-20(17,18)11-8-10(9-16)19-12(11)13/h8,14,16H,3-7,9H2,1-2H3. The van der Waals surface area contributed by atoms with E-state index in [0.717, 1.165) is 19.5 Å². The predicted octanol–water partition coefficient (Wildman–Crippen LogP) is 1.54. The molecule has 2 N–H and O–H groups in total. The van der Waals surface area contributed by atoms with Crippen LogP contribution in [0.3, 0.4) is 0 Å². The van der Waals surface area contributed by atoms with Crippen molar-refractivity contribution >= 4 is 26.0 Å². The highest BCUT2D eigenvalue weighted by Crippen LogP contribution is 2.25. The van der Waals surface area contributed by atoms with Crippen LogP contribution >= 0.6 is 15.9 Å². The lowest BCUT2D eigenvalue weighted by Gasteiger charge is -2.19. The van der Waals surface area contributed by atoms with Gasteiger partial charge in [0.15, 0.2) is 4.67 Å². The topological polar surface area (TPSA) is 82.8 Å². The number of aliphatic hydroxyl groups excluding tert-OH is 1. The highest BCUT2D eigenvalue weighted by molar-refractivity contribution is 9.10. The van der Waals surface area contributed by atoms with E-state index in [1.807, 2.05) is 6.92 Å². The van der Waals surface area contributed by atoms with E-state index in [0.29, 0.717) is 13.1 Å². The molecular formula is C12H21BrN2O4S. The van der Waals surface area contributed by atoms with Crippen LogP contribution in [0, 0.1) is 0 Å². The minimum atomic E-state index is -3.63. The fourth-order valence-corrected chi connectivity index (χ4v) is 3.84. The van der Waals surface area contributed by atoms with Crippen LogP contribution in [0.5, 0.6) is 0 Å². The lowest BCUT2D eigenvalue weighted by molar-refractivity contribution is 0.245. The second-order valence-corrected chi connectivity index (χ2v) is 6.80. The molecule has 0 fully saturated rings. The Morgan fingerprint density at radius 3 is 2.60 bits per heavy atom. The normalized spacial score (nSPS) is 12.2. The molecule has 0 aromatic carbocycles. The zero-order valence-electron chi connectivity index (χ0n) is 11.7. The first-order chi connectivity index (χ1) is 9.44. The fourth-order valence-electron chi connectivity index (χ4n) is 1.82. The largest absolute Gasteiger partial charge is 0.450 e. The number of nitrogens with one attached hydrogen (secondary N) is 1. The van der Waals surface area contributed by atoms with Gasteiger partial charge in [-0.3, -0.25) is 0 Å². The van der Waals surface area contributed by atoms with E-state index in [9.17, 15) is 8.42 Å². The number of aliphatic hydroxyl groups is 1. The molecule has 1 aromatic rings. The predicted molar refractivity (Wildman–Crippen MR) is 79.9 cm³/mol. The lowest BCUT2D eigenvalue weighted by atomic mass is 10.4. The molecule has 1 heterocycles. The number of sulfonamides is 1. The van der Waals surface area contributed by atoms with Gasteiger partial charge in [0.25, 0.3) is 0 Å². The first-order valence-electron chi connectivity index (χ1n) is 6.55. The third kappa shape index (κ3) is 4.85. The first kappa shape index (κ1) is 17.6. The molecule has 1 rings (SSSR count). The summed E-state index contributed by atoms with van der Waals surface area (Å²) in [6, 6.07) is 1.32. The second kappa shape index (κ2) is 8.14. The van der Waals surface area contributed by atoms with E-state index in [4.69, 9.17) is 9.52 Å². The van der Waals surface area contributed by atoms with E-state index in [2.05, 4.69) is 32.5 Å². The SMILES string of the molecule is CCCN(CC)CCNS(=O)(=O)c1cc(CO)oc1Br. The van der Waals surface area contributed by atoms with Gasteiger partial charge >= 0.3 is 0 Å². The monoisotopic (exact) mass is 368 g/mol. The van der Waals surface area contributed by atoms with Crippen molar-refractivity contribution in [2.24, 2.45) is 0 Å². The molecule has 6 nitrogen and oxygen atoms in total. The van der Waals surface area contributed by atoms with Gasteiger partial charge < -0.3 is 14.4 Å². The van der Waals surface area contributed by atoms with E-state index >= 15 is 0 Å². The highest BCUT2D eigenvalue weighted by atomic mass is 79.9. The summed E-state index contributed by atoms with van der Waals surface area (Å²) in [6.45, 7) is 6.63. The number of nitrogens with zero attached hydrogens (tertiary/aromatic N) is 1. The Hall–Kier alpha value is -0.410. The Kier molecular flexibility index (Phi) is 7.18. The van der Waals surface area contributed by atoms with Gasteiger partial charge in [0.1, 0.15) is 17.3 Å². The number of likely N-dealkylation sites (N-methyl/N-ethyl adjacent to an activating group) is 1. The molecule has 0 saturated carbocycles. The van der Waals surface area contributed by atoms with E-state index in [-0.39, 0.29) is 21.9 Å². The third-order valence-electron chi connectivity index (χ3n) is 2.86. The molecule has 1 aromatic heterocycles. The molecule has 0 unspecified atom stereocenters. The number of halogens is 1. The van der Waals surface area contributed by atoms with Crippen LogP contribution < -0.4 is 4.72 Å². The molecule has 0 aliphatic carbocycles. The van der Waals surface area contributed by atoms with Crippen molar-refractivity contribution in [3.05, 3.63) is 16.5 Å². The summed E-state index contributed by atoms with van der Waals surface area (Å²) in [7, 11) is -3.63. The molecule has 0 spiro atoms. The van der Waals surface area contributed by atoms with Crippen molar-refractivity contribution in [3.63, 3.8) is 0 Å². The Bertz CT molecular complexity index is 516. The molecule has 0 aliphatic rings. The van der Waals surface area contributed by atoms with Crippen molar-refractivity contribution in [3.8, 4) is 0 Å². The van der Waals surface area contributed by atoms with E-state index < -0.39 is 10.0 Å². The zero-order valence-corrected chi connectivity index (χ0v) is 14.1. The second-order valence-electron chi connectivity index (χ2n) is 4.34. The number of furan rings is 1. The van der Waals surface area contributed by atoms with Gasteiger partial charge in [-0.05, 0) is 35.4 Å². The Balaban J connectivity index is 2.63. The van der Waals surface area contributed by atoms with Gasteiger partial charge in [0, 0.05) is 19.2 Å². The van der Waals surface area contributed by atoms with E-state index in [1.165, 1.54) is 6.07 Å². The number of rotatable bonds is 9. The summed E-state index contributed by atoms with van der Waals surface area (Å²) in [4.78, 5) is 2.19. The van der Waals surface area contributed by atoms with Gasteiger partial charge in [-0.1, -0.05) is 13.8 Å². The maximum absolute atomic E-state index is 12.1. The summed E-state index contributed by atoms with van der Waals surface area (Å²) >= 11 is 3.05. The van der Waals surface area contributed by atoms with Gasteiger partial charge in [-0.25, -0.2) is 13.1 Å². The fraction of sp³-hybridized carbons (Fsp3) is 0.667. The van der Waals surface area contributed by atoms with Crippen molar-refractivity contribution in [2.75, 3.05) is 26.2 Å². The van der Waals surface area contributed by atoms with Gasteiger partial charge in [0.05, 0.1) is 0 Å². The molecule has 20 heavy (non-hydrogen) atoms. The Labute approximate surface area is 128 Å². The van der Waals surface area contributed by atoms with Crippen LogP contribution in [0.25, 0.3) is 0 Å². The summed E-state index contributed by atoms with van der Waals surface area (Å²) in [6.07, 6.45) is 1.04. The number of hydrogen-bond donors (Lipinski definition) is 2. The van der Waals surface area contributed by atoms with Crippen LogP contribution in [-0.2, 0) is 16.6 Å². The Morgan fingerprint density at radius 2 is 2.10 bits per heavy atom. The van der Waals surface area contributed by atoms with Crippen LogP contribution in [0.1, 0.15) is 26.0 Å². The maximum Gasteiger partial charge on any atom is 0.245 e. The summed E-state index contributed by atoms with van der Waals surface area (Å²) in [5.74, 6) is 0.207. The average Bonchev–Trinajstić information content (AvgIpc) is 2.79. The van der Waals surface area contributed by atoms with Crippen molar-refractivity contribution in [2.45, 2.75) is 31.8 Å². The van der Waals surface area contributed by atoms with Gasteiger partial charge in [0.2, 0.25) is 10.0 Å². The molecule has 0 atom stereocenters. The minimum Gasteiger partial charge on any atom is -0.450 e. The van der Waals surface area contributed by atoms with Crippen LogP contribution in [0.15, 0.2) is 20.0 Å². The third-order valence-corrected chi connectivity index (χ3v) is 5.18. The van der Waals surface area contributed by atoms with Crippen LogP contribution in [-0.4, -0.2) is 44.6 Å². The molecule has 0 radical (unpaired) electrons. The number of hydrogen-bond acceptors (Lipinski definition) is 5. The Morgan fingerprint density at radius 1 is 1.40 bits per heavy atom. The molecule has 0 amide bonds. The zero-order chi connectivity index (χ0) is 15.2. The van der Waals surface area contributed by atoms with Crippen molar-refractivity contribution in [1.29, 1.82) is 0 Å². The molecular weight excluding hydrogens is 348 g/mol.